The van der Waals surface area contributed by atoms with Crippen molar-refractivity contribution in [2.24, 2.45) is 0 Å². The summed E-state index contributed by atoms with van der Waals surface area (Å²) in [7, 11) is 1.98. The molecular weight excluding hydrogens is 439 g/mol. The lowest BCUT2D eigenvalue weighted by Gasteiger charge is -2.31. The predicted molar refractivity (Wildman–Crippen MR) is 128 cm³/mol. The van der Waals surface area contributed by atoms with Gasteiger partial charge in [-0.05, 0) is 55.5 Å². The maximum Gasteiger partial charge on any atom is 0.306 e. The lowest BCUT2D eigenvalue weighted by atomic mass is 9.96. The third-order valence-electron chi connectivity index (χ3n) is 4.86. The maximum atomic E-state index is 14.4. The first-order valence-electron chi connectivity index (χ1n) is 11.1. The maximum absolute atomic E-state index is 14.4. The molecule has 5 nitrogen and oxygen atoms in total. The Balaban J connectivity index is 2.04. The number of halogens is 1. The number of carbonyl (C=O) groups is 1. The van der Waals surface area contributed by atoms with E-state index in [0.29, 0.717) is 27.7 Å². The number of esters is 1. The fourth-order valence-corrected chi connectivity index (χ4v) is 3.79. The topological polar surface area (TPSA) is 54.0 Å². The van der Waals surface area contributed by atoms with Crippen molar-refractivity contribution < 1.29 is 27.8 Å². The molecule has 0 aliphatic carbocycles. The largest absolute Gasteiger partial charge is 0.496 e. The molecule has 33 heavy (non-hydrogen) atoms. The van der Waals surface area contributed by atoms with Gasteiger partial charge in [0.1, 0.15) is 23.9 Å². The lowest BCUT2D eigenvalue weighted by molar-refractivity contribution is -0.143. The van der Waals surface area contributed by atoms with Gasteiger partial charge < -0.3 is 18.6 Å². The quantitative estimate of drug-likeness (QED) is 0.295. The minimum absolute atomic E-state index is 0.0852. The van der Waals surface area contributed by atoms with Gasteiger partial charge in [-0.3, -0.25) is 4.79 Å². The minimum atomic E-state index is -0.501. The highest BCUT2D eigenvalue weighted by Crippen LogP contribution is 2.35. The number of carbonyl (C=O) groups excluding carboxylic acids is 1. The second-order valence-corrected chi connectivity index (χ2v) is 11.3. The monoisotopic (exact) mass is 474 g/mol. The summed E-state index contributed by atoms with van der Waals surface area (Å²) < 4.78 is 36.9. The molecule has 0 amide bonds. The number of hydrogen-bond donors (Lipinski definition) is 0. The Hall–Kier alpha value is -2.38. The van der Waals surface area contributed by atoms with Crippen molar-refractivity contribution >= 4 is 15.7 Å². The van der Waals surface area contributed by atoms with Crippen LogP contribution in [-0.4, -0.2) is 29.4 Å². The molecule has 7 heteroatoms. The number of hydrogen-bond acceptors (Lipinski definition) is 5. The molecule has 2 radical (unpaired) electrons. The smallest absolute Gasteiger partial charge is 0.306 e. The average Bonchev–Trinajstić information content (AvgIpc) is 2.75. The number of rotatable bonds is 11. The molecule has 0 fully saturated rings. The van der Waals surface area contributed by atoms with Crippen molar-refractivity contribution in [2.45, 2.75) is 71.6 Å². The molecule has 2 rings (SSSR count). The summed E-state index contributed by atoms with van der Waals surface area (Å²) in [6.07, 6.45) is 0.435. The van der Waals surface area contributed by atoms with Crippen LogP contribution in [0.25, 0.3) is 0 Å². The standard InChI is InChI=1S/C26H35FO5Si/c1-8-30-24(28)14-11-19-10-12-20(16-22(19)27)31-17-18-9-13-21(23(15-18)29-7)26(5,6)32-33-25(2,3)4/h9-10,12-13,15-16H,8,11,14,17H2,1-7H3. The molecule has 180 valence electrons. The van der Waals surface area contributed by atoms with Gasteiger partial charge in [-0.1, -0.05) is 39.0 Å². The molecular formula is C26H35FO5Si. The van der Waals surface area contributed by atoms with E-state index in [1.54, 1.807) is 26.2 Å². The molecule has 0 heterocycles. The zero-order valence-electron chi connectivity index (χ0n) is 20.7. The van der Waals surface area contributed by atoms with Gasteiger partial charge >= 0.3 is 5.97 Å². The molecule has 2 aromatic rings. The van der Waals surface area contributed by atoms with Crippen LogP contribution in [0, 0.1) is 5.82 Å². The average molecular weight is 475 g/mol. The van der Waals surface area contributed by atoms with Crippen molar-refractivity contribution in [3.8, 4) is 11.5 Å². The summed E-state index contributed by atoms with van der Waals surface area (Å²) in [6, 6.07) is 10.6. The van der Waals surface area contributed by atoms with E-state index in [-0.39, 0.29) is 30.5 Å². The van der Waals surface area contributed by atoms with E-state index in [2.05, 4.69) is 20.8 Å². The van der Waals surface area contributed by atoms with Crippen LogP contribution in [0.1, 0.15) is 64.7 Å². The second-order valence-electron chi connectivity index (χ2n) is 9.35. The highest BCUT2D eigenvalue weighted by molar-refractivity contribution is 6.31. The summed E-state index contributed by atoms with van der Waals surface area (Å²) >= 11 is 0. The summed E-state index contributed by atoms with van der Waals surface area (Å²) in [4.78, 5) is 11.5. The molecule has 0 saturated carbocycles. The third-order valence-corrected chi connectivity index (χ3v) is 6.09. The van der Waals surface area contributed by atoms with Crippen LogP contribution in [0.4, 0.5) is 4.39 Å². The van der Waals surface area contributed by atoms with Gasteiger partial charge in [-0.25, -0.2) is 4.39 Å². The first kappa shape index (κ1) is 26.9. The van der Waals surface area contributed by atoms with E-state index in [4.69, 9.17) is 18.6 Å². The van der Waals surface area contributed by atoms with E-state index in [1.807, 2.05) is 32.0 Å². The molecule has 0 aromatic heterocycles. The first-order chi connectivity index (χ1) is 15.4. The second kappa shape index (κ2) is 11.7. The molecule has 0 bridgehead atoms. The fourth-order valence-electron chi connectivity index (χ4n) is 3.12. The van der Waals surface area contributed by atoms with E-state index < -0.39 is 11.4 Å². The highest BCUT2D eigenvalue weighted by Gasteiger charge is 2.28. The molecule has 0 saturated heterocycles. The highest BCUT2D eigenvalue weighted by atomic mass is 28.2. The molecule has 0 spiro atoms. The van der Waals surface area contributed by atoms with Crippen LogP contribution in [0.5, 0.6) is 11.5 Å². The Morgan fingerprint density at radius 1 is 1.06 bits per heavy atom. The van der Waals surface area contributed by atoms with E-state index in [9.17, 15) is 9.18 Å². The Morgan fingerprint density at radius 3 is 2.39 bits per heavy atom. The van der Waals surface area contributed by atoms with Crippen LogP contribution in [0.15, 0.2) is 36.4 Å². The van der Waals surface area contributed by atoms with Crippen molar-refractivity contribution in [1.29, 1.82) is 0 Å². The van der Waals surface area contributed by atoms with Crippen LogP contribution in [0.3, 0.4) is 0 Å². The molecule has 2 aromatic carbocycles. The Bertz CT molecular complexity index is 937. The Kier molecular flexibility index (Phi) is 9.49. The Labute approximate surface area is 199 Å². The van der Waals surface area contributed by atoms with Gasteiger partial charge in [-0.15, -0.1) is 0 Å². The van der Waals surface area contributed by atoms with Gasteiger partial charge in [0.05, 0.1) is 19.3 Å². The number of methoxy groups -OCH3 is 1. The molecule has 0 aliphatic rings. The molecule has 0 atom stereocenters. The van der Waals surface area contributed by atoms with Gasteiger partial charge in [0.15, 0.2) is 0 Å². The summed E-state index contributed by atoms with van der Waals surface area (Å²) in [6.45, 7) is 12.8. The minimum Gasteiger partial charge on any atom is -0.496 e. The SMILES string of the molecule is CCOC(=O)CCc1ccc(OCc2ccc(C(C)(C)O[Si]C(C)(C)C)c(OC)c2)cc1F. The van der Waals surface area contributed by atoms with Crippen molar-refractivity contribution in [3.05, 3.63) is 58.9 Å². The number of benzene rings is 2. The van der Waals surface area contributed by atoms with Crippen molar-refractivity contribution in [1.82, 2.24) is 0 Å². The first-order valence-corrected chi connectivity index (χ1v) is 12.1. The summed E-state index contributed by atoms with van der Waals surface area (Å²) in [5.74, 6) is 0.413. The van der Waals surface area contributed by atoms with Crippen LogP contribution in [0.2, 0.25) is 5.04 Å². The van der Waals surface area contributed by atoms with Crippen molar-refractivity contribution in [3.63, 3.8) is 0 Å². The van der Waals surface area contributed by atoms with E-state index in [0.717, 1.165) is 16.9 Å². The van der Waals surface area contributed by atoms with Crippen LogP contribution < -0.4 is 9.47 Å². The third kappa shape index (κ3) is 8.48. The Morgan fingerprint density at radius 2 is 1.79 bits per heavy atom. The van der Waals surface area contributed by atoms with Gasteiger partial charge in [0, 0.05) is 18.1 Å². The fraction of sp³-hybridized carbons (Fsp3) is 0.500. The zero-order valence-corrected chi connectivity index (χ0v) is 21.7. The number of ether oxygens (including phenoxy) is 3. The lowest BCUT2D eigenvalue weighted by Crippen LogP contribution is -2.28. The van der Waals surface area contributed by atoms with Crippen LogP contribution >= 0.6 is 0 Å². The van der Waals surface area contributed by atoms with Crippen molar-refractivity contribution in [2.75, 3.05) is 13.7 Å². The normalized spacial score (nSPS) is 11.9. The number of aryl methyl sites for hydroxylation is 1. The summed E-state index contributed by atoms with van der Waals surface area (Å²) in [5.41, 5.74) is 1.82. The van der Waals surface area contributed by atoms with Gasteiger partial charge in [-0.2, -0.15) is 0 Å². The van der Waals surface area contributed by atoms with Gasteiger partial charge in [0.25, 0.3) is 0 Å². The molecule has 0 N–H and O–H groups in total. The van der Waals surface area contributed by atoms with Gasteiger partial charge in [0.2, 0.25) is 9.76 Å². The zero-order chi connectivity index (χ0) is 24.6. The van der Waals surface area contributed by atoms with Crippen LogP contribution in [-0.2, 0) is 32.6 Å². The van der Waals surface area contributed by atoms with E-state index >= 15 is 0 Å². The van der Waals surface area contributed by atoms with E-state index in [1.165, 1.54) is 6.07 Å². The molecule has 0 unspecified atom stereocenters. The molecule has 0 aliphatic heterocycles. The predicted octanol–water partition coefficient (Wildman–Crippen LogP) is 6.00. The summed E-state index contributed by atoms with van der Waals surface area (Å²) in [5, 5.41) is 0.0852.